The van der Waals surface area contributed by atoms with E-state index < -0.39 is 0 Å². The van der Waals surface area contributed by atoms with E-state index in [0.717, 1.165) is 23.7 Å². The molecule has 0 aliphatic heterocycles. The molecule has 4 unspecified atom stereocenters. The maximum absolute atomic E-state index is 2.34. The van der Waals surface area contributed by atoms with Gasteiger partial charge < -0.3 is 0 Å². The van der Waals surface area contributed by atoms with E-state index in [1.54, 1.807) is 44.9 Å². The molecule has 0 radical (unpaired) electrons. The van der Waals surface area contributed by atoms with Crippen LogP contribution in [0.2, 0.25) is 0 Å². The smallest absolute Gasteiger partial charge is 0.0383 e. The Kier molecular flexibility index (Phi) is 8.19. The summed E-state index contributed by atoms with van der Waals surface area (Å²) in [5.41, 5.74) is 0. The lowest BCUT2D eigenvalue weighted by Crippen LogP contribution is -2.31. The molecule has 2 aliphatic carbocycles. The van der Waals surface area contributed by atoms with Crippen LogP contribution in [0.25, 0.3) is 0 Å². The highest BCUT2D eigenvalue weighted by Gasteiger charge is 2.34. The second kappa shape index (κ2) is 9.90. The van der Waals surface area contributed by atoms with Crippen molar-refractivity contribution in [3.8, 4) is 0 Å². The zero-order chi connectivity index (χ0) is 14.9. The molecule has 0 nitrogen and oxygen atoms in total. The fraction of sp³-hybridized carbons (Fsp3) is 1.00. The summed E-state index contributed by atoms with van der Waals surface area (Å²) in [6.07, 6.45) is 22.7. The molecule has 0 N–H and O–H groups in total. The maximum Gasteiger partial charge on any atom is -0.0383 e. The van der Waals surface area contributed by atoms with Gasteiger partial charge in [-0.3, -0.25) is 0 Å². The van der Waals surface area contributed by atoms with E-state index in [2.05, 4.69) is 13.8 Å². The largest absolute Gasteiger partial charge is 0.0654 e. The third-order valence-corrected chi connectivity index (χ3v) is 6.51. The van der Waals surface area contributed by atoms with Crippen LogP contribution in [-0.4, -0.2) is 0 Å². The molecule has 0 heteroatoms. The zero-order valence-electron chi connectivity index (χ0n) is 14.9. The van der Waals surface area contributed by atoms with Crippen molar-refractivity contribution in [2.24, 2.45) is 23.7 Å². The first-order valence-corrected chi connectivity index (χ1v) is 10.3. The fourth-order valence-corrected chi connectivity index (χ4v) is 5.14. The Bertz CT molecular complexity index is 257. The van der Waals surface area contributed by atoms with Gasteiger partial charge in [-0.25, -0.2) is 0 Å². The summed E-state index contributed by atoms with van der Waals surface area (Å²) >= 11 is 0. The molecule has 0 bridgehead atoms. The van der Waals surface area contributed by atoms with Gasteiger partial charge in [0, 0.05) is 0 Å². The average molecular weight is 293 g/mol. The van der Waals surface area contributed by atoms with Gasteiger partial charge in [-0.1, -0.05) is 84.5 Å². The van der Waals surface area contributed by atoms with Gasteiger partial charge >= 0.3 is 0 Å². The zero-order valence-corrected chi connectivity index (χ0v) is 14.9. The van der Waals surface area contributed by atoms with E-state index in [0.29, 0.717) is 0 Å². The summed E-state index contributed by atoms with van der Waals surface area (Å²) in [5, 5.41) is 0. The van der Waals surface area contributed by atoms with Crippen molar-refractivity contribution in [1.29, 1.82) is 0 Å². The van der Waals surface area contributed by atoms with Gasteiger partial charge in [0.1, 0.15) is 0 Å². The SMILES string of the molecule is CCCCCCCC1CCC2CC(CCCC)CCC2C1. The lowest BCUT2D eigenvalue weighted by molar-refractivity contribution is 0.0906. The van der Waals surface area contributed by atoms with Crippen LogP contribution < -0.4 is 0 Å². The summed E-state index contributed by atoms with van der Waals surface area (Å²) in [6, 6.07) is 0. The van der Waals surface area contributed by atoms with E-state index in [1.807, 2.05) is 0 Å². The first kappa shape index (κ1) is 17.4. The first-order chi connectivity index (χ1) is 10.3. The standard InChI is InChI=1S/C21H40/c1-3-5-7-8-9-11-19-13-15-20-16-18(10-6-4-2)12-14-21(20)17-19/h18-21H,3-17H2,1-2H3. The van der Waals surface area contributed by atoms with E-state index in [9.17, 15) is 0 Å². The van der Waals surface area contributed by atoms with Gasteiger partial charge in [0.25, 0.3) is 0 Å². The summed E-state index contributed by atoms with van der Waals surface area (Å²) < 4.78 is 0. The Morgan fingerprint density at radius 1 is 0.571 bits per heavy atom. The van der Waals surface area contributed by atoms with Crippen molar-refractivity contribution < 1.29 is 0 Å². The second-order valence-electron chi connectivity index (χ2n) is 8.22. The number of unbranched alkanes of at least 4 members (excludes halogenated alkanes) is 5. The molecular weight excluding hydrogens is 252 g/mol. The number of fused-ring (bicyclic) bond motifs is 1. The Morgan fingerprint density at radius 3 is 1.67 bits per heavy atom. The minimum Gasteiger partial charge on any atom is -0.0654 e. The normalized spacial score (nSPS) is 32.9. The van der Waals surface area contributed by atoms with Gasteiger partial charge in [-0.05, 0) is 49.4 Å². The number of hydrogen-bond donors (Lipinski definition) is 0. The molecule has 0 heterocycles. The third kappa shape index (κ3) is 5.95. The first-order valence-electron chi connectivity index (χ1n) is 10.3. The molecule has 0 amide bonds. The van der Waals surface area contributed by atoms with Crippen molar-refractivity contribution in [3.63, 3.8) is 0 Å². The summed E-state index contributed by atoms with van der Waals surface area (Å²) in [5.74, 6) is 4.44. The van der Waals surface area contributed by atoms with Crippen molar-refractivity contribution in [2.75, 3.05) is 0 Å². The van der Waals surface area contributed by atoms with Crippen LogP contribution in [-0.2, 0) is 0 Å². The lowest BCUT2D eigenvalue weighted by Gasteiger charge is -2.42. The molecule has 21 heavy (non-hydrogen) atoms. The van der Waals surface area contributed by atoms with Crippen molar-refractivity contribution in [2.45, 2.75) is 110 Å². The molecule has 0 aromatic heterocycles. The van der Waals surface area contributed by atoms with Gasteiger partial charge in [0.05, 0.1) is 0 Å². The van der Waals surface area contributed by atoms with Crippen LogP contribution in [0.1, 0.15) is 110 Å². The van der Waals surface area contributed by atoms with E-state index in [4.69, 9.17) is 0 Å². The molecule has 0 aromatic carbocycles. The van der Waals surface area contributed by atoms with E-state index in [-0.39, 0.29) is 0 Å². The van der Waals surface area contributed by atoms with Gasteiger partial charge in [0.15, 0.2) is 0 Å². The highest BCUT2D eigenvalue weighted by atomic mass is 14.4. The fourth-order valence-electron chi connectivity index (χ4n) is 5.14. The molecule has 2 aliphatic rings. The summed E-state index contributed by atoms with van der Waals surface area (Å²) in [7, 11) is 0. The quantitative estimate of drug-likeness (QED) is 0.389. The topological polar surface area (TPSA) is 0 Å². The van der Waals surface area contributed by atoms with Crippen LogP contribution in [0.15, 0.2) is 0 Å². The molecule has 2 rings (SSSR count). The summed E-state index contributed by atoms with van der Waals surface area (Å²) in [4.78, 5) is 0. The summed E-state index contributed by atoms with van der Waals surface area (Å²) in [6.45, 7) is 4.66. The Hall–Kier alpha value is 0. The number of hydrogen-bond acceptors (Lipinski definition) is 0. The Morgan fingerprint density at radius 2 is 1.10 bits per heavy atom. The Balaban J connectivity index is 1.61. The molecule has 0 aromatic rings. The van der Waals surface area contributed by atoms with Gasteiger partial charge in [-0.2, -0.15) is 0 Å². The van der Waals surface area contributed by atoms with Crippen molar-refractivity contribution >= 4 is 0 Å². The molecule has 2 saturated carbocycles. The van der Waals surface area contributed by atoms with E-state index in [1.165, 1.54) is 51.4 Å². The minimum absolute atomic E-state index is 1.09. The van der Waals surface area contributed by atoms with Crippen LogP contribution in [0, 0.1) is 23.7 Å². The third-order valence-electron chi connectivity index (χ3n) is 6.51. The van der Waals surface area contributed by atoms with E-state index >= 15 is 0 Å². The van der Waals surface area contributed by atoms with Gasteiger partial charge in [-0.15, -0.1) is 0 Å². The monoisotopic (exact) mass is 292 g/mol. The predicted molar refractivity (Wildman–Crippen MR) is 94.6 cm³/mol. The maximum atomic E-state index is 2.34. The second-order valence-corrected chi connectivity index (χ2v) is 8.22. The highest BCUT2D eigenvalue weighted by molar-refractivity contribution is 4.86. The van der Waals surface area contributed by atoms with Crippen molar-refractivity contribution in [3.05, 3.63) is 0 Å². The molecule has 0 saturated heterocycles. The molecule has 2 fully saturated rings. The molecule has 0 spiro atoms. The van der Waals surface area contributed by atoms with Crippen LogP contribution in [0.4, 0.5) is 0 Å². The van der Waals surface area contributed by atoms with Crippen LogP contribution in [0.5, 0.6) is 0 Å². The molecule has 4 atom stereocenters. The molecule has 124 valence electrons. The predicted octanol–water partition coefficient (Wildman–Crippen LogP) is 7.37. The van der Waals surface area contributed by atoms with Crippen LogP contribution >= 0.6 is 0 Å². The van der Waals surface area contributed by atoms with Crippen molar-refractivity contribution in [1.82, 2.24) is 0 Å². The van der Waals surface area contributed by atoms with Crippen LogP contribution in [0.3, 0.4) is 0 Å². The lowest BCUT2D eigenvalue weighted by atomic mass is 9.63. The number of rotatable bonds is 9. The Labute approximate surface area is 134 Å². The van der Waals surface area contributed by atoms with Gasteiger partial charge in [0.2, 0.25) is 0 Å². The highest BCUT2D eigenvalue weighted by Crippen LogP contribution is 2.46. The average Bonchev–Trinajstić information content (AvgIpc) is 2.52. The minimum atomic E-state index is 1.09. The molecular formula is C21H40.